The van der Waals surface area contributed by atoms with Gasteiger partial charge in [0.1, 0.15) is 8.07 Å². The summed E-state index contributed by atoms with van der Waals surface area (Å²) in [6, 6.07) is 1.99. The monoisotopic (exact) mass is 434 g/mol. The van der Waals surface area contributed by atoms with Crippen LogP contribution in [0.2, 0.25) is 19.6 Å². The maximum absolute atomic E-state index is 13.1. The summed E-state index contributed by atoms with van der Waals surface area (Å²) < 4.78 is 7.29. The van der Waals surface area contributed by atoms with Gasteiger partial charge in [-0.3, -0.25) is 4.98 Å². The lowest BCUT2D eigenvalue weighted by atomic mass is 9.92. The lowest BCUT2D eigenvalue weighted by molar-refractivity contribution is 0.0525. The molecule has 0 spiro atoms. The number of carbonyl (C=O) groups is 1. The number of nitrogens with zero attached hydrogens (tertiary/aromatic N) is 4. The normalized spacial score (nSPS) is 11.5. The summed E-state index contributed by atoms with van der Waals surface area (Å²) >= 11 is 0. The van der Waals surface area contributed by atoms with Gasteiger partial charge in [0.15, 0.2) is 5.65 Å². The predicted molar refractivity (Wildman–Crippen MR) is 127 cm³/mol. The van der Waals surface area contributed by atoms with E-state index in [9.17, 15) is 4.79 Å². The van der Waals surface area contributed by atoms with E-state index in [0.717, 1.165) is 27.7 Å². The first kappa shape index (κ1) is 22.7. The van der Waals surface area contributed by atoms with Crippen LogP contribution in [0.5, 0.6) is 0 Å². The summed E-state index contributed by atoms with van der Waals surface area (Å²) in [5, 5.41) is 5.31. The summed E-state index contributed by atoms with van der Waals surface area (Å²) in [7, 11) is -1.53. The van der Waals surface area contributed by atoms with Crippen molar-refractivity contribution in [2.24, 2.45) is 0 Å². The first-order chi connectivity index (χ1) is 14.7. The maximum Gasteiger partial charge on any atom is 0.340 e. The minimum Gasteiger partial charge on any atom is -0.462 e. The van der Waals surface area contributed by atoms with Crippen LogP contribution in [0.1, 0.15) is 55.2 Å². The molecular formula is C24H30N4O2Si. The number of fused-ring (bicyclic) bond motifs is 1. The highest BCUT2D eigenvalue weighted by Crippen LogP contribution is 2.36. The van der Waals surface area contributed by atoms with Crippen LogP contribution in [0.25, 0.3) is 22.2 Å². The van der Waals surface area contributed by atoms with Gasteiger partial charge < -0.3 is 4.74 Å². The van der Waals surface area contributed by atoms with E-state index in [4.69, 9.17) is 9.72 Å². The molecule has 162 valence electrons. The van der Waals surface area contributed by atoms with Gasteiger partial charge in [0.25, 0.3) is 0 Å². The van der Waals surface area contributed by atoms with Crippen molar-refractivity contribution < 1.29 is 9.53 Å². The van der Waals surface area contributed by atoms with Gasteiger partial charge in [-0.1, -0.05) is 39.4 Å². The van der Waals surface area contributed by atoms with Crippen LogP contribution in [0.3, 0.4) is 0 Å². The minimum atomic E-state index is -1.53. The van der Waals surface area contributed by atoms with E-state index in [2.05, 4.69) is 41.2 Å². The van der Waals surface area contributed by atoms with Crippen molar-refractivity contribution in [2.75, 3.05) is 6.61 Å². The summed E-state index contributed by atoms with van der Waals surface area (Å²) in [4.78, 5) is 22.4. The maximum atomic E-state index is 13.1. The smallest absolute Gasteiger partial charge is 0.340 e. The molecule has 0 aliphatic carbocycles. The second kappa shape index (κ2) is 9.02. The Morgan fingerprint density at radius 3 is 2.55 bits per heavy atom. The fourth-order valence-corrected chi connectivity index (χ4v) is 3.89. The number of ether oxygens (including phenoxy) is 1. The van der Waals surface area contributed by atoms with Crippen LogP contribution in [-0.4, -0.2) is 40.4 Å². The van der Waals surface area contributed by atoms with Crippen LogP contribution >= 0.6 is 0 Å². The molecule has 0 fully saturated rings. The molecule has 3 heterocycles. The van der Waals surface area contributed by atoms with E-state index in [1.165, 1.54) is 0 Å². The second-order valence-corrected chi connectivity index (χ2v) is 13.5. The van der Waals surface area contributed by atoms with E-state index < -0.39 is 8.07 Å². The molecule has 0 aliphatic heterocycles. The number of pyridine rings is 2. The van der Waals surface area contributed by atoms with Gasteiger partial charge in [-0.05, 0) is 25.8 Å². The molecule has 0 N–H and O–H groups in total. The van der Waals surface area contributed by atoms with Gasteiger partial charge in [0.2, 0.25) is 0 Å². The highest BCUT2D eigenvalue weighted by molar-refractivity contribution is 6.83. The van der Waals surface area contributed by atoms with Gasteiger partial charge in [-0.15, -0.1) is 5.54 Å². The van der Waals surface area contributed by atoms with Crippen molar-refractivity contribution >= 4 is 25.1 Å². The van der Waals surface area contributed by atoms with Crippen molar-refractivity contribution in [1.29, 1.82) is 0 Å². The highest BCUT2D eigenvalue weighted by Gasteiger charge is 2.26. The molecule has 3 aromatic rings. The first-order valence-electron chi connectivity index (χ1n) is 10.7. The van der Waals surface area contributed by atoms with Crippen LogP contribution in [-0.2, 0) is 11.3 Å². The Morgan fingerprint density at radius 2 is 1.94 bits per heavy atom. The van der Waals surface area contributed by atoms with Gasteiger partial charge >= 0.3 is 5.97 Å². The molecule has 31 heavy (non-hydrogen) atoms. The fraction of sp³-hybridized carbons (Fsp3) is 0.417. The number of rotatable bonds is 5. The van der Waals surface area contributed by atoms with Crippen LogP contribution in [0, 0.1) is 11.5 Å². The molecule has 0 unspecified atom stereocenters. The molecule has 6 nitrogen and oxygen atoms in total. The second-order valence-electron chi connectivity index (χ2n) is 8.78. The number of esters is 1. The molecule has 0 amide bonds. The Balaban J connectivity index is 2.37. The van der Waals surface area contributed by atoms with Crippen molar-refractivity contribution in [3.63, 3.8) is 0 Å². The lowest BCUT2D eigenvalue weighted by Gasteiger charge is -2.17. The van der Waals surface area contributed by atoms with Crippen molar-refractivity contribution in [2.45, 2.75) is 59.8 Å². The molecule has 3 rings (SSSR count). The SMILES string of the molecule is CCOC(=O)c1c(C(C)C)nc2c(cnn2CC)c1-c1cncc(C#C[Si](C)(C)C)c1. The zero-order chi connectivity index (χ0) is 22.8. The molecule has 7 heteroatoms. The van der Waals surface area contributed by atoms with Gasteiger partial charge in [0.05, 0.1) is 24.1 Å². The van der Waals surface area contributed by atoms with Crippen LogP contribution in [0.15, 0.2) is 24.7 Å². The van der Waals surface area contributed by atoms with Gasteiger partial charge in [0, 0.05) is 41.0 Å². The van der Waals surface area contributed by atoms with E-state index in [1.807, 2.05) is 38.4 Å². The molecule has 0 saturated heterocycles. The number of carbonyl (C=O) groups excluding carboxylic acids is 1. The van der Waals surface area contributed by atoms with Crippen molar-refractivity contribution in [1.82, 2.24) is 19.7 Å². The summed E-state index contributed by atoms with van der Waals surface area (Å²) in [5.74, 6) is 2.92. The third-order valence-electron chi connectivity index (χ3n) is 4.75. The number of aryl methyl sites for hydroxylation is 1. The number of aromatic nitrogens is 4. The quantitative estimate of drug-likeness (QED) is 0.319. The topological polar surface area (TPSA) is 69.9 Å². The largest absolute Gasteiger partial charge is 0.462 e. The number of hydrogen-bond acceptors (Lipinski definition) is 5. The predicted octanol–water partition coefficient (Wildman–Crippen LogP) is 5.04. The minimum absolute atomic E-state index is 0.0330. The summed E-state index contributed by atoms with van der Waals surface area (Å²) in [6.07, 6.45) is 5.30. The zero-order valence-electron chi connectivity index (χ0n) is 19.4. The molecule has 3 aromatic heterocycles. The van der Waals surface area contributed by atoms with E-state index in [1.54, 1.807) is 18.6 Å². The zero-order valence-corrected chi connectivity index (χ0v) is 20.4. The fourth-order valence-electron chi connectivity index (χ4n) is 3.37. The van der Waals surface area contributed by atoms with E-state index in [0.29, 0.717) is 24.4 Å². The van der Waals surface area contributed by atoms with Crippen molar-refractivity contribution in [3.8, 4) is 22.6 Å². The molecule has 0 saturated carbocycles. The Bertz CT molecular complexity index is 1180. The Kier molecular flexibility index (Phi) is 6.61. The van der Waals surface area contributed by atoms with E-state index >= 15 is 0 Å². The molecule has 0 aliphatic rings. The van der Waals surface area contributed by atoms with E-state index in [-0.39, 0.29) is 11.9 Å². The molecule has 0 aromatic carbocycles. The molecule has 0 radical (unpaired) electrons. The average Bonchev–Trinajstić information content (AvgIpc) is 3.13. The van der Waals surface area contributed by atoms with Crippen molar-refractivity contribution in [3.05, 3.63) is 41.5 Å². The lowest BCUT2D eigenvalue weighted by Crippen LogP contribution is -2.16. The standard InChI is InChI=1S/C24H30N4O2Si/c1-8-28-23-19(15-26-28)20(21(24(29)30-9-2)22(27-23)16(3)4)18-12-17(13-25-14-18)10-11-31(5,6)7/h12-16H,8-9H2,1-7H3. The Labute approximate surface area is 185 Å². The van der Waals surface area contributed by atoms with Crippen LogP contribution < -0.4 is 0 Å². The van der Waals surface area contributed by atoms with Crippen LogP contribution in [0.4, 0.5) is 0 Å². The molecular weight excluding hydrogens is 404 g/mol. The Hall–Kier alpha value is -2.98. The summed E-state index contributed by atoms with van der Waals surface area (Å²) in [6.45, 7) is 15.5. The van der Waals surface area contributed by atoms with Gasteiger partial charge in [-0.25, -0.2) is 14.5 Å². The molecule has 0 bridgehead atoms. The third kappa shape index (κ3) is 4.85. The summed E-state index contributed by atoms with van der Waals surface area (Å²) in [5.41, 5.74) is 7.73. The van der Waals surface area contributed by atoms with Gasteiger partial charge in [-0.2, -0.15) is 5.10 Å². The molecule has 0 atom stereocenters. The highest BCUT2D eigenvalue weighted by atomic mass is 28.3. The number of hydrogen-bond donors (Lipinski definition) is 0. The average molecular weight is 435 g/mol. The Morgan fingerprint density at radius 1 is 1.19 bits per heavy atom. The first-order valence-corrected chi connectivity index (χ1v) is 14.2. The third-order valence-corrected chi connectivity index (χ3v) is 5.62.